The highest BCUT2D eigenvalue weighted by atomic mass is 35.5. The Morgan fingerprint density at radius 2 is 2.00 bits per heavy atom. The zero-order valence-corrected chi connectivity index (χ0v) is 13.2. The predicted octanol–water partition coefficient (Wildman–Crippen LogP) is 3.76. The maximum Gasteiger partial charge on any atom is 0.144 e. The Bertz CT molecular complexity index is 641. The molecule has 0 saturated heterocycles. The lowest BCUT2D eigenvalue weighted by atomic mass is 10.2. The fourth-order valence-electron chi connectivity index (χ4n) is 1.87. The van der Waals surface area contributed by atoms with E-state index >= 15 is 0 Å². The van der Waals surface area contributed by atoms with Crippen molar-refractivity contribution in [2.75, 3.05) is 0 Å². The van der Waals surface area contributed by atoms with Crippen molar-refractivity contribution in [2.24, 2.45) is 7.05 Å². The molecule has 2 rings (SSSR count). The molecule has 1 N–H and O–H groups in total. The quantitative estimate of drug-likeness (QED) is 0.925. The van der Waals surface area contributed by atoms with E-state index in [0.29, 0.717) is 26.5 Å². The van der Waals surface area contributed by atoms with E-state index in [1.165, 1.54) is 0 Å². The molecule has 0 radical (unpaired) electrons. The van der Waals surface area contributed by atoms with Gasteiger partial charge in [0.1, 0.15) is 17.5 Å². The second-order valence-electron chi connectivity index (χ2n) is 4.30. The first kappa shape index (κ1) is 15.4. The van der Waals surface area contributed by atoms with Gasteiger partial charge in [-0.3, -0.25) is 4.68 Å². The van der Waals surface area contributed by atoms with Gasteiger partial charge in [0.25, 0.3) is 0 Å². The fraction of sp³-hybridized carbons (Fsp3) is 0.308. The average Bonchev–Trinajstić information content (AvgIpc) is 2.62. The molecule has 1 aromatic carbocycles. The van der Waals surface area contributed by atoms with Crippen LogP contribution in [-0.4, -0.2) is 14.9 Å². The summed E-state index contributed by atoms with van der Waals surface area (Å²) in [5.74, 6) is 0.401. The molecule has 0 spiro atoms. The number of halogens is 3. The Morgan fingerprint density at radius 1 is 1.30 bits per heavy atom. The number of hydrogen-bond donors (Lipinski definition) is 1. The lowest BCUT2D eigenvalue weighted by Crippen LogP contribution is -2.01. The van der Waals surface area contributed by atoms with Gasteiger partial charge in [-0.2, -0.15) is 5.10 Å². The second kappa shape index (κ2) is 6.22. The number of aromatic nitrogens is 2. The van der Waals surface area contributed by atoms with Crippen LogP contribution in [0, 0.1) is 6.92 Å². The van der Waals surface area contributed by atoms with Crippen LogP contribution in [0.25, 0.3) is 0 Å². The molecule has 20 heavy (non-hydrogen) atoms. The highest BCUT2D eigenvalue weighted by Crippen LogP contribution is 2.33. The van der Waals surface area contributed by atoms with E-state index in [0.717, 1.165) is 11.3 Å². The standard InChI is InChI=1S/C13H13Cl3N2O2/c1-7-10(13(16)18(2)17-7)6-20-12-8(5-19)3-9(14)4-11(12)15/h3-4,19H,5-6H2,1-2H3. The molecular formula is C13H13Cl3N2O2. The molecular weight excluding hydrogens is 323 g/mol. The molecule has 7 heteroatoms. The zero-order chi connectivity index (χ0) is 14.9. The SMILES string of the molecule is Cc1nn(C)c(Cl)c1COc1c(Cl)cc(Cl)cc1CO. The molecule has 108 valence electrons. The minimum absolute atomic E-state index is 0.213. The highest BCUT2D eigenvalue weighted by molar-refractivity contribution is 6.35. The summed E-state index contributed by atoms with van der Waals surface area (Å²) in [6.45, 7) is 1.85. The molecule has 0 fully saturated rings. The van der Waals surface area contributed by atoms with Crippen LogP contribution in [0.15, 0.2) is 12.1 Å². The third kappa shape index (κ3) is 3.04. The van der Waals surface area contributed by atoms with Gasteiger partial charge in [-0.05, 0) is 19.1 Å². The summed E-state index contributed by atoms with van der Waals surface area (Å²) in [6, 6.07) is 3.18. The Balaban J connectivity index is 2.27. The van der Waals surface area contributed by atoms with Crippen LogP contribution in [0.4, 0.5) is 0 Å². The molecule has 0 amide bonds. The van der Waals surface area contributed by atoms with E-state index in [9.17, 15) is 5.11 Å². The molecule has 0 aliphatic heterocycles. The summed E-state index contributed by atoms with van der Waals surface area (Å²) in [5.41, 5.74) is 2.09. The molecule has 2 aromatic rings. The van der Waals surface area contributed by atoms with Crippen LogP contribution in [-0.2, 0) is 20.3 Å². The predicted molar refractivity (Wildman–Crippen MR) is 79.7 cm³/mol. The van der Waals surface area contributed by atoms with Gasteiger partial charge in [0, 0.05) is 23.2 Å². The number of benzene rings is 1. The van der Waals surface area contributed by atoms with Gasteiger partial charge < -0.3 is 9.84 Å². The first-order valence-electron chi connectivity index (χ1n) is 5.83. The summed E-state index contributed by atoms with van der Waals surface area (Å²) < 4.78 is 7.26. The Labute approximate surface area is 131 Å². The van der Waals surface area contributed by atoms with Crippen molar-refractivity contribution in [3.8, 4) is 5.75 Å². The van der Waals surface area contributed by atoms with Crippen LogP contribution < -0.4 is 4.74 Å². The topological polar surface area (TPSA) is 47.3 Å². The van der Waals surface area contributed by atoms with Crippen molar-refractivity contribution in [3.63, 3.8) is 0 Å². The van der Waals surface area contributed by atoms with Gasteiger partial charge in [-0.15, -0.1) is 0 Å². The van der Waals surface area contributed by atoms with Crippen LogP contribution in [0.5, 0.6) is 5.75 Å². The van der Waals surface area contributed by atoms with E-state index < -0.39 is 0 Å². The molecule has 1 heterocycles. The van der Waals surface area contributed by atoms with Crippen molar-refractivity contribution in [1.29, 1.82) is 0 Å². The van der Waals surface area contributed by atoms with Crippen LogP contribution in [0.2, 0.25) is 15.2 Å². The number of ether oxygens (including phenoxy) is 1. The average molecular weight is 336 g/mol. The molecule has 0 aliphatic carbocycles. The summed E-state index contributed by atoms with van der Waals surface area (Å²) in [5, 5.41) is 14.8. The lowest BCUT2D eigenvalue weighted by Gasteiger charge is -2.12. The lowest BCUT2D eigenvalue weighted by molar-refractivity contribution is 0.259. The van der Waals surface area contributed by atoms with Crippen molar-refractivity contribution in [2.45, 2.75) is 20.1 Å². The maximum absolute atomic E-state index is 9.34. The largest absolute Gasteiger partial charge is 0.487 e. The molecule has 0 saturated carbocycles. The minimum Gasteiger partial charge on any atom is -0.487 e. The van der Waals surface area contributed by atoms with Gasteiger partial charge in [0.05, 0.1) is 17.3 Å². The van der Waals surface area contributed by atoms with Gasteiger partial charge >= 0.3 is 0 Å². The number of aliphatic hydroxyl groups excluding tert-OH is 1. The smallest absolute Gasteiger partial charge is 0.144 e. The van der Waals surface area contributed by atoms with E-state index in [4.69, 9.17) is 39.5 Å². The number of aliphatic hydroxyl groups is 1. The molecule has 0 atom stereocenters. The van der Waals surface area contributed by atoms with Gasteiger partial charge in [0.15, 0.2) is 0 Å². The van der Waals surface area contributed by atoms with Crippen LogP contribution in [0.1, 0.15) is 16.8 Å². The van der Waals surface area contributed by atoms with Gasteiger partial charge in [0.2, 0.25) is 0 Å². The van der Waals surface area contributed by atoms with Crippen LogP contribution >= 0.6 is 34.8 Å². The van der Waals surface area contributed by atoms with Crippen molar-refractivity contribution in [3.05, 3.63) is 44.2 Å². The van der Waals surface area contributed by atoms with E-state index in [2.05, 4.69) is 5.10 Å². The Morgan fingerprint density at radius 3 is 2.55 bits per heavy atom. The monoisotopic (exact) mass is 334 g/mol. The second-order valence-corrected chi connectivity index (χ2v) is 5.50. The van der Waals surface area contributed by atoms with E-state index in [1.54, 1.807) is 23.9 Å². The Hall–Kier alpha value is -0.940. The third-order valence-electron chi connectivity index (χ3n) is 2.89. The molecule has 4 nitrogen and oxygen atoms in total. The van der Waals surface area contributed by atoms with E-state index in [-0.39, 0.29) is 13.2 Å². The number of aryl methyl sites for hydroxylation is 2. The number of hydrogen-bond acceptors (Lipinski definition) is 3. The first-order valence-corrected chi connectivity index (χ1v) is 6.97. The number of nitrogens with zero attached hydrogens (tertiary/aromatic N) is 2. The van der Waals surface area contributed by atoms with Crippen LogP contribution in [0.3, 0.4) is 0 Å². The first-order chi connectivity index (χ1) is 9.43. The van der Waals surface area contributed by atoms with Crippen molar-refractivity contribution in [1.82, 2.24) is 9.78 Å². The highest BCUT2D eigenvalue weighted by Gasteiger charge is 2.15. The molecule has 0 unspecified atom stereocenters. The summed E-state index contributed by atoms with van der Waals surface area (Å²) in [6.07, 6.45) is 0. The molecule has 0 aliphatic rings. The summed E-state index contributed by atoms with van der Waals surface area (Å²) >= 11 is 18.1. The van der Waals surface area contributed by atoms with Gasteiger partial charge in [-0.1, -0.05) is 34.8 Å². The fourth-order valence-corrected chi connectivity index (χ4v) is 2.69. The normalized spacial score (nSPS) is 10.9. The number of rotatable bonds is 4. The van der Waals surface area contributed by atoms with E-state index in [1.807, 2.05) is 6.92 Å². The van der Waals surface area contributed by atoms with Crippen molar-refractivity contribution >= 4 is 34.8 Å². The Kier molecular flexibility index (Phi) is 4.81. The minimum atomic E-state index is -0.213. The summed E-state index contributed by atoms with van der Waals surface area (Å²) in [4.78, 5) is 0. The van der Waals surface area contributed by atoms with Gasteiger partial charge in [-0.25, -0.2) is 0 Å². The molecule has 0 bridgehead atoms. The third-order valence-corrected chi connectivity index (χ3v) is 3.86. The zero-order valence-electron chi connectivity index (χ0n) is 11.0. The maximum atomic E-state index is 9.34. The molecule has 1 aromatic heterocycles. The summed E-state index contributed by atoms with van der Waals surface area (Å²) in [7, 11) is 1.76. The van der Waals surface area contributed by atoms with Crippen molar-refractivity contribution < 1.29 is 9.84 Å².